The minimum Gasteiger partial charge on any atom is -0.464 e. The Morgan fingerprint density at radius 3 is 2.58 bits per heavy atom. The third-order valence-corrected chi connectivity index (χ3v) is 3.90. The molecule has 0 spiro atoms. The van der Waals surface area contributed by atoms with E-state index in [4.69, 9.17) is 16.3 Å². The van der Waals surface area contributed by atoms with E-state index in [0.717, 1.165) is 0 Å². The SMILES string of the molecule is COC(=O)c1cc(-c2ccccc2Cl)c2cccc([N+](=O)[O-])c2n1. The lowest BCUT2D eigenvalue weighted by Crippen LogP contribution is -2.06. The number of nitrogens with zero attached hydrogens (tertiary/aromatic N) is 2. The first kappa shape index (κ1) is 15.9. The first-order chi connectivity index (χ1) is 11.5. The van der Waals surface area contributed by atoms with E-state index in [2.05, 4.69) is 4.98 Å². The second-order valence-corrected chi connectivity index (χ2v) is 5.36. The average molecular weight is 343 g/mol. The third-order valence-electron chi connectivity index (χ3n) is 3.57. The molecule has 0 saturated heterocycles. The maximum atomic E-state index is 11.9. The summed E-state index contributed by atoms with van der Waals surface area (Å²) in [6, 6.07) is 13.2. The lowest BCUT2D eigenvalue weighted by atomic mass is 9.99. The summed E-state index contributed by atoms with van der Waals surface area (Å²) in [5.74, 6) is -0.677. The number of ether oxygens (including phenoxy) is 1. The van der Waals surface area contributed by atoms with Gasteiger partial charge < -0.3 is 4.74 Å². The number of fused-ring (bicyclic) bond motifs is 1. The molecule has 0 unspecified atom stereocenters. The molecular formula is C17H11ClN2O4. The van der Waals surface area contributed by atoms with Gasteiger partial charge in [0, 0.05) is 22.0 Å². The number of aromatic nitrogens is 1. The fourth-order valence-electron chi connectivity index (χ4n) is 2.49. The number of para-hydroxylation sites is 1. The first-order valence-corrected chi connectivity index (χ1v) is 7.32. The maximum absolute atomic E-state index is 11.9. The van der Waals surface area contributed by atoms with Crippen LogP contribution in [0.3, 0.4) is 0 Å². The largest absolute Gasteiger partial charge is 0.464 e. The molecule has 1 aromatic heterocycles. The van der Waals surface area contributed by atoms with Crippen LogP contribution in [0.25, 0.3) is 22.0 Å². The summed E-state index contributed by atoms with van der Waals surface area (Å²) >= 11 is 6.26. The number of non-ortho nitro benzene ring substituents is 1. The lowest BCUT2D eigenvalue weighted by Gasteiger charge is -2.10. The molecule has 24 heavy (non-hydrogen) atoms. The highest BCUT2D eigenvalue weighted by molar-refractivity contribution is 6.33. The molecule has 0 atom stereocenters. The van der Waals surface area contributed by atoms with Crippen molar-refractivity contribution in [2.24, 2.45) is 0 Å². The van der Waals surface area contributed by atoms with Crippen LogP contribution < -0.4 is 0 Å². The van der Waals surface area contributed by atoms with Crippen LogP contribution >= 0.6 is 11.6 Å². The van der Waals surface area contributed by atoms with Crippen LogP contribution in [0.5, 0.6) is 0 Å². The normalized spacial score (nSPS) is 10.6. The van der Waals surface area contributed by atoms with Crippen molar-refractivity contribution in [3.63, 3.8) is 0 Å². The fourth-order valence-corrected chi connectivity index (χ4v) is 2.73. The summed E-state index contributed by atoms with van der Waals surface area (Å²) in [4.78, 5) is 26.8. The van der Waals surface area contributed by atoms with Crippen molar-refractivity contribution in [2.75, 3.05) is 7.11 Å². The number of hydrogen-bond acceptors (Lipinski definition) is 5. The Morgan fingerprint density at radius 1 is 1.17 bits per heavy atom. The number of pyridine rings is 1. The predicted octanol–water partition coefficient (Wildman–Crippen LogP) is 4.25. The number of nitro groups is 1. The van der Waals surface area contributed by atoms with E-state index >= 15 is 0 Å². The Balaban J connectivity index is 2.43. The minimum atomic E-state index is -0.677. The molecule has 120 valence electrons. The van der Waals surface area contributed by atoms with Crippen LogP contribution in [0.1, 0.15) is 10.5 Å². The molecule has 0 aliphatic carbocycles. The molecule has 0 aliphatic rings. The lowest BCUT2D eigenvalue weighted by molar-refractivity contribution is -0.383. The molecular weight excluding hydrogens is 332 g/mol. The molecule has 0 fully saturated rings. The Hall–Kier alpha value is -2.99. The Kier molecular flexibility index (Phi) is 4.14. The molecule has 0 aliphatic heterocycles. The van der Waals surface area contributed by atoms with E-state index in [1.54, 1.807) is 36.4 Å². The van der Waals surface area contributed by atoms with Crippen LogP contribution in [0.15, 0.2) is 48.5 Å². The van der Waals surface area contributed by atoms with E-state index in [0.29, 0.717) is 21.5 Å². The standard InChI is InChI=1S/C17H11ClN2O4/c1-24-17(21)14-9-12(10-5-2-3-7-13(10)18)11-6-4-8-15(20(22)23)16(11)19-14/h2-9H,1H3. The van der Waals surface area contributed by atoms with Gasteiger partial charge in [0.1, 0.15) is 11.2 Å². The number of carbonyl (C=O) groups is 1. The molecule has 0 saturated carbocycles. The summed E-state index contributed by atoms with van der Waals surface area (Å²) in [7, 11) is 1.22. The smallest absolute Gasteiger partial charge is 0.356 e. The van der Waals surface area contributed by atoms with E-state index in [1.165, 1.54) is 19.2 Å². The number of methoxy groups -OCH3 is 1. The van der Waals surface area contributed by atoms with Crippen molar-refractivity contribution in [2.45, 2.75) is 0 Å². The first-order valence-electron chi connectivity index (χ1n) is 6.94. The Morgan fingerprint density at radius 2 is 1.92 bits per heavy atom. The third kappa shape index (κ3) is 2.68. The van der Waals surface area contributed by atoms with Gasteiger partial charge in [-0.3, -0.25) is 10.1 Å². The highest BCUT2D eigenvalue weighted by atomic mass is 35.5. The molecule has 0 N–H and O–H groups in total. The van der Waals surface area contributed by atoms with Crippen molar-refractivity contribution >= 4 is 34.2 Å². The van der Waals surface area contributed by atoms with Crippen molar-refractivity contribution in [1.29, 1.82) is 0 Å². The molecule has 1 heterocycles. The van der Waals surface area contributed by atoms with Crippen LogP contribution in [-0.2, 0) is 4.74 Å². The summed E-state index contributed by atoms with van der Waals surface area (Å²) in [5.41, 5.74) is 1.13. The summed E-state index contributed by atoms with van der Waals surface area (Å²) in [5, 5.41) is 12.3. The zero-order valence-electron chi connectivity index (χ0n) is 12.5. The summed E-state index contributed by atoms with van der Waals surface area (Å²) in [6.07, 6.45) is 0. The highest BCUT2D eigenvalue weighted by Gasteiger charge is 2.20. The number of halogens is 1. The molecule has 0 amide bonds. The van der Waals surface area contributed by atoms with E-state index in [9.17, 15) is 14.9 Å². The Bertz CT molecular complexity index is 972. The molecule has 6 nitrogen and oxygen atoms in total. The van der Waals surface area contributed by atoms with Gasteiger partial charge in [-0.25, -0.2) is 9.78 Å². The topological polar surface area (TPSA) is 82.3 Å². The second-order valence-electron chi connectivity index (χ2n) is 4.96. The number of esters is 1. The van der Waals surface area contributed by atoms with Gasteiger partial charge >= 0.3 is 5.97 Å². The molecule has 3 rings (SSSR count). The second kappa shape index (κ2) is 6.25. The monoisotopic (exact) mass is 342 g/mol. The van der Waals surface area contributed by atoms with Gasteiger partial charge in [-0.05, 0) is 17.7 Å². The van der Waals surface area contributed by atoms with Gasteiger partial charge in [0.25, 0.3) is 5.69 Å². The van der Waals surface area contributed by atoms with E-state index in [1.807, 2.05) is 0 Å². The van der Waals surface area contributed by atoms with Gasteiger partial charge in [0.05, 0.1) is 12.0 Å². The summed E-state index contributed by atoms with van der Waals surface area (Å²) < 4.78 is 4.70. The number of nitro benzene ring substituents is 1. The van der Waals surface area contributed by atoms with Crippen LogP contribution in [-0.4, -0.2) is 23.0 Å². The van der Waals surface area contributed by atoms with Crippen molar-refractivity contribution < 1.29 is 14.5 Å². The number of benzene rings is 2. The average Bonchev–Trinajstić information content (AvgIpc) is 2.60. The van der Waals surface area contributed by atoms with Crippen molar-refractivity contribution in [3.8, 4) is 11.1 Å². The van der Waals surface area contributed by atoms with Gasteiger partial charge in [-0.1, -0.05) is 41.9 Å². The molecule has 2 aromatic carbocycles. The quantitative estimate of drug-likeness (QED) is 0.403. The summed E-state index contributed by atoms with van der Waals surface area (Å²) in [6.45, 7) is 0. The number of hydrogen-bond donors (Lipinski definition) is 0. The minimum absolute atomic E-state index is 0.0192. The van der Waals surface area contributed by atoms with Gasteiger partial charge in [-0.2, -0.15) is 0 Å². The predicted molar refractivity (Wildman–Crippen MR) is 90.2 cm³/mol. The Labute approximate surface area is 141 Å². The zero-order valence-corrected chi connectivity index (χ0v) is 13.3. The van der Waals surface area contributed by atoms with Gasteiger partial charge in [-0.15, -0.1) is 0 Å². The number of rotatable bonds is 3. The zero-order chi connectivity index (χ0) is 17.3. The van der Waals surface area contributed by atoms with E-state index < -0.39 is 10.9 Å². The molecule has 7 heteroatoms. The van der Waals surface area contributed by atoms with Crippen molar-refractivity contribution in [3.05, 3.63) is 69.4 Å². The highest BCUT2D eigenvalue weighted by Crippen LogP contribution is 2.36. The number of carbonyl (C=O) groups excluding carboxylic acids is 1. The van der Waals surface area contributed by atoms with Crippen LogP contribution in [0.4, 0.5) is 5.69 Å². The molecule has 0 radical (unpaired) electrons. The molecule has 3 aromatic rings. The fraction of sp³-hybridized carbons (Fsp3) is 0.0588. The maximum Gasteiger partial charge on any atom is 0.356 e. The van der Waals surface area contributed by atoms with Gasteiger partial charge in [0.15, 0.2) is 0 Å². The van der Waals surface area contributed by atoms with Crippen LogP contribution in [0, 0.1) is 10.1 Å². The molecule has 0 bridgehead atoms. The van der Waals surface area contributed by atoms with E-state index in [-0.39, 0.29) is 16.9 Å². The van der Waals surface area contributed by atoms with Crippen molar-refractivity contribution in [1.82, 2.24) is 4.98 Å². The van der Waals surface area contributed by atoms with Crippen LogP contribution in [0.2, 0.25) is 5.02 Å². The van der Waals surface area contributed by atoms with Gasteiger partial charge in [0.2, 0.25) is 0 Å².